The lowest BCUT2D eigenvalue weighted by Crippen LogP contribution is -2.54. The molecule has 0 N–H and O–H groups in total. The van der Waals surface area contributed by atoms with Gasteiger partial charge in [0.05, 0.1) is 0 Å². The molecule has 1 heterocycles. The fourth-order valence-corrected chi connectivity index (χ4v) is 3.70. The summed E-state index contributed by atoms with van der Waals surface area (Å²) >= 11 is 0. The van der Waals surface area contributed by atoms with E-state index in [1.165, 1.54) is 27.2 Å². The summed E-state index contributed by atoms with van der Waals surface area (Å²) in [5.74, 6) is 1.94. The van der Waals surface area contributed by atoms with Crippen LogP contribution in [0.4, 0.5) is 0 Å². The van der Waals surface area contributed by atoms with Gasteiger partial charge in [0.2, 0.25) is 0 Å². The van der Waals surface area contributed by atoms with Gasteiger partial charge in [-0.3, -0.25) is 0 Å². The maximum Gasteiger partial charge on any atom is 0.250 e. The third kappa shape index (κ3) is 1.96. The predicted octanol–water partition coefficient (Wildman–Crippen LogP) is 3.46. The summed E-state index contributed by atoms with van der Waals surface area (Å²) in [4.78, 5) is 0. The number of para-hydroxylation sites is 1. The fourth-order valence-electron chi connectivity index (χ4n) is 3.70. The Labute approximate surface area is 141 Å². The highest BCUT2D eigenvalue weighted by atomic mass is 16.5. The number of fused-ring (bicyclic) bond motifs is 4. The molecule has 0 saturated heterocycles. The molecule has 24 heavy (non-hydrogen) atoms. The molecule has 1 aliphatic heterocycles. The van der Waals surface area contributed by atoms with E-state index in [0.29, 0.717) is 0 Å². The Morgan fingerprint density at radius 3 is 2.25 bits per heavy atom. The third-order valence-corrected chi connectivity index (χ3v) is 4.80. The van der Waals surface area contributed by atoms with E-state index in [1.807, 2.05) is 6.07 Å². The summed E-state index contributed by atoms with van der Waals surface area (Å²) in [6.07, 6.45) is 0. The van der Waals surface area contributed by atoms with Gasteiger partial charge < -0.3 is 4.74 Å². The molecule has 0 fully saturated rings. The molecule has 1 nitrogen and oxygen atoms in total. The lowest BCUT2D eigenvalue weighted by atomic mass is 9.36. The summed E-state index contributed by atoms with van der Waals surface area (Å²) in [5.41, 5.74) is 3.76. The molecule has 4 aromatic rings. The van der Waals surface area contributed by atoms with Gasteiger partial charge in [-0.05, 0) is 22.4 Å². The van der Waals surface area contributed by atoms with Crippen molar-refractivity contribution in [2.24, 2.45) is 0 Å². The Bertz CT molecular complexity index is 1040. The van der Waals surface area contributed by atoms with Crippen molar-refractivity contribution in [1.82, 2.24) is 0 Å². The molecule has 0 aromatic heterocycles. The van der Waals surface area contributed by atoms with E-state index in [1.54, 1.807) is 0 Å². The van der Waals surface area contributed by atoms with E-state index >= 15 is 0 Å². The standard InChI is InChI=1S/C22H15BO/c1-2-9-17(10-3-1)23-19-12-6-7-13-21(19)24-22-18-11-5-4-8-16(18)14-15-20(22)23/h1-15H. The van der Waals surface area contributed by atoms with E-state index in [2.05, 4.69) is 84.9 Å². The minimum atomic E-state index is 0.204. The van der Waals surface area contributed by atoms with Crippen molar-refractivity contribution < 1.29 is 4.74 Å². The lowest BCUT2D eigenvalue weighted by Gasteiger charge is -2.27. The lowest BCUT2D eigenvalue weighted by molar-refractivity contribution is 0.493. The average Bonchev–Trinajstić information content (AvgIpc) is 2.67. The summed E-state index contributed by atoms with van der Waals surface area (Å²) in [6, 6.07) is 31.9. The van der Waals surface area contributed by atoms with Gasteiger partial charge in [0.1, 0.15) is 11.5 Å². The second-order valence-corrected chi connectivity index (χ2v) is 6.19. The van der Waals surface area contributed by atoms with Crippen LogP contribution in [0.15, 0.2) is 91.0 Å². The van der Waals surface area contributed by atoms with Gasteiger partial charge in [-0.15, -0.1) is 0 Å². The van der Waals surface area contributed by atoms with Crippen LogP contribution in [-0.2, 0) is 0 Å². The highest BCUT2D eigenvalue weighted by Gasteiger charge is 2.32. The number of hydrogen-bond acceptors (Lipinski definition) is 1. The van der Waals surface area contributed by atoms with Crippen LogP contribution in [0.3, 0.4) is 0 Å². The Hall–Kier alpha value is -3.00. The normalized spacial score (nSPS) is 12.4. The third-order valence-electron chi connectivity index (χ3n) is 4.80. The van der Waals surface area contributed by atoms with Gasteiger partial charge in [0.25, 0.3) is 6.71 Å². The first-order valence-electron chi connectivity index (χ1n) is 8.25. The first-order valence-corrected chi connectivity index (χ1v) is 8.25. The maximum absolute atomic E-state index is 6.34. The quantitative estimate of drug-likeness (QED) is 0.431. The minimum Gasteiger partial charge on any atom is -0.458 e. The average molecular weight is 306 g/mol. The summed E-state index contributed by atoms with van der Waals surface area (Å²) in [7, 11) is 0. The predicted molar refractivity (Wildman–Crippen MR) is 102 cm³/mol. The molecule has 0 bridgehead atoms. The molecule has 0 amide bonds. The van der Waals surface area contributed by atoms with Crippen LogP contribution in [0.2, 0.25) is 0 Å². The van der Waals surface area contributed by atoms with Crippen LogP contribution in [0, 0.1) is 0 Å². The number of rotatable bonds is 1. The Morgan fingerprint density at radius 2 is 1.33 bits per heavy atom. The summed E-state index contributed by atoms with van der Waals surface area (Å²) in [6.45, 7) is 0.204. The van der Waals surface area contributed by atoms with E-state index in [0.717, 1.165) is 11.5 Å². The second kappa shape index (κ2) is 5.28. The van der Waals surface area contributed by atoms with Gasteiger partial charge in [-0.25, -0.2) is 0 Å². The molecule has 0 saturated carbocycles. The Kier molecular flexibility index (Phi) is 2.96. The topological polar surface area (TPSA) is 9.23 Å². The van der Waals surface area contributed by atoms with Crippen molar-refractivity contribution in [2.45, 2.75) is 0 Å². The van der Waals surface area contributed by atoms with E-state index in [9.17, 15) is 0 Å². The van der Waals surface area contributed by atoms with Gasteiger partial charge in [0, 0.05) is 5.39 Å². The van der Waals surface area contributed by atoms with Crippen molar-refractivity contribution in [3.05, 3.63) is 91.0 Å². The van der Waals surface area contributed by atoms with Crippen molar-refractivity contribution in [3.8, 4) is 11.5 Å². The summed E-state index contributed by atoms with van der Waals surface area (Å²) in [5, 5.41) is 2.38. The summed E-state index contributed by atoms with van der Waals surface area (Å²) < 4.78 is 6.34. The van der Waals surface area contributed by atoms with Gasteiger partial charge in [-0.2, -0.15) is 0 Å². The number of benzene rings is 4. The molecule has 0 spiro atoms. The fraction of sp³-hybridized carbons (Fsp3) is 0. The smallest absolute Gasteiger partial charge is 0.250 e. The molecule has 112 valence electrons. The van der Waals surface area contributed by atoms with E-state index in [4.69, 9.17) is 4.74 Å². The zero-order valence-corrected chi connectivity index (χ0v) is 13.1. The first kappa shape index (κ1) is 13.4. The van der Waals surface area contributed by atoms with Crippen molar-refractivity contribution in [2.75, 3.05) is 0 Å². The maximum atomic E-state index is 6.34. The van der Waals surface area contributed by atoms with Gasteiger partial charge in [-0.1, -0.05) is 90.4 Å². The van der Waals surface area contributed by atoms with Crippen LogP contribution in [0.25, 0.3) is 10.8 Å². The number of ether oxygens (including phenoxy) is 1. The van der Waals surface area contributed by atoms with Gasteiger partial charge in [0.15, 0.2) is 0 Å². The van der Waals surface area contributed by atoms with Crippen molar-refractivity contribution >= 4 is 33.9 Å². The van der Waals surface area contributed by atoms with Crippen LogP contribution >= 0.6 is 0 Å². The SMILES string of the molecule is c1ccc(B2c3ccccc3Oc3c2ccc2ccccc32)cc1. The zero-order valence-electron chi connectivity index (χ0n) is 13.1. The minimum absolute atomic E-state index is 0.204. The van der Waals surface area contributed by atoms with Crippen LogP contribution in [0.5, 0.6) is 11.5 Å². The molecular weight excluding hydrogens is 291 g/mol. The monoisotopic (exact) mass is 306 g/mol. The first-order chi connectivity index (χ1) is 11.9. The largest absolute Gasteiger partial charge is 0.458 e. The molecule has 2 heteroatoms. The molecule has 4 aromatic carbocycles. The van der Waals surface area contributed by atoms with Crippen LogP contribution < -0.4 is 21.1 Å². The molecule has 0 unspecified atom stereocenters. The molecule has 0 radical (unpaired) electrons. The zero-order chi connectivity index (χ0) is 15.9. The van der Waals surface area contributed by atoms with Crippen molar-refractivity contribution in [1.29, 1.82) is 0 Å². The van der Waals surface area contributed by atoms with Crippen molar-refractivity contribution in [3.63, 3.8) is 0 Å². The molecule has 5 rings (SSSR count). The highest BCUT2D eigenvalue weighted by molar-refractivity contribution is 6.97. The van der Waals surface area contributed by atoms with Crippen LogP contribution in [-0.4, -0.2) is 6.71 Å². The van der Waals surface area contributed by atoms with E-state index in [-0.39, 0.29) is 6.71 Å². The van der Waals surface area contributed by atoms with Crippen LogP contribution in [0.1, 0.15) is 0 Å². The molecular formula is C22H15BO. The molecule has 0 atom stereocenters. The Balaban J connectivity index is 1.84. The number of hydrogen-bond donors (Lipinski definition) is 0. The molecule has 1 aliphatic rings. The molecule has 0 aliphatic carbocycles. The van der Waals surface area contributed by atoms with Gasteiger partial charge >= 0.3 is 0 Å². The van der Waals surface area contributed by atoms with E-state index < -0.39 is 0 Å². The highest BCUT2D eigenvalue weighted by Crippen LogP contribution is 2.31. The second-order valence-electron chi connectivity index (χ2n) is 6.19. The Morgan fingerprint density at radius 1 is 0.583 bits per heavy atom.